The Bertz CT molecular complexity index is 1220. The standard InChI is InChI=1S/C34H47ClN4O3/c1-22(23(2)40)29-8-4-5-9-30(29)37-33-18-27(35)20-36-21-34(39-33)38-31-15-14-28(19-32(31)41-3)42-16-6-7-24-10-12-25-17-26(25)13-11-24/h4-5,8-9,14-15,18-20,22-27,34,37-40H,6-7,10-13,16-17,21H2,1-3H3/b33-18+,36-20?/t22?,23?,24?,25?,26?,27?,34-/m0/s1. The van der Waals surface area contributed by atoms with Gasteiger partial charge in [-0.25, -0.2) is 0 Å². The van der Waals surface area contributed by atoms with Crippen molar-refractivity contribution < 1.29 is 14.6 Å². The molecule has 5 unspecified atom stereocenters. The van der Waals surface area contributed by atoms with Gasteiger partial charge in [0.25, 0.3) is 0 Å². The summed E-state index contributed by atoms with van der Waals surface area (Å²) in [7, 11) is 1.68. The van der Waals surface area contributed by atoms with Gasteiger partial charge in [-0.2, -0.15) is 0 Å². The Morgan fingerprint density at radius 1 is 1.07 bits per heavy atom. The zero-order chi connectivity index (χ0) is 29.5. The third-order valence-electron chi connectivity index (χ3n) is 9.12. The molecule has 6 atom stereocenters. The highest BCUT2D eigenvalue weighted by Crippen LogP contribution is 2.49. The number of allylic oxidation sites excluding steroid dienone is 1. The van der Waals surface area contributed by atoms with E-state index >= 15 is 0 Å². The maximum Gasteiger partial charge on any atom is 0.145 e. The number of aliphatic hydroxyl groups is 1. The van der Waals surface area contributed by atoms with Crippen LogP contribution in [0.25, 0.3) is 0 Å². The number of alkyl halides is 1. The lowest BCUT2D eigenvalue weighted by atomic mass is 9.94. The number of para-hydroxylation sites is 1. The summed E-state index contributed by atoms with van der Waals surface area (Å²) in [5.41, 5.74) is 2.80. The minimum atomic E-state index is -0.471. The molecule has 3 aliphatic rings. The minimum Gasteiger partial charge on any atom is -0.494 e. The number of benzene rings is 2. The molecule has 7 nitrogen and oxygen atoms in total. The van der Waals surface area contributed by atoms with E-state index in [0.29, 0.717) is 12.3 Å². The lowest BCUT2D eigenvalue weighted by Crippen LogP contribution is -2.41. The average Bonchev–Trinajstić information content (AvgIpc) is 3.75. The summed E-state index contributed by atoms with van der Waals surface area (Å²) in [6.45, 7) is 5.03. The average molecular weight is 595 g/mol. The number of nitrogens with one attached hydrogen (secondary N) is 3. The van der Waals surface area contributed by atoms with Gasteiger partial charge >= 0.3 is 0 Å². The van der Waals surface area contributed by atoms with Gasteiger partial charge in [-0.15, -0.1) is 11.6 Å². The summed E-state index contributed by atoms with van der Waals surface area (Å²) in [5.74, 6) is 5.23. The first-order chi connectivity index (χ1) is 20.4. The highest BCUT2D eigenvalue weighted by molar-refractivity contribution is 6.29. The molecule has 2 fully saturated rings. The SMILES string of the molecule is COc1cc(OCCCC2CCC3CC3CC2)ccc1N[C@@H]1CN=CC(Cl)/C=C(\Nc2ccccc2C(C)C(C)O)N1. The van der Waals surface area contributed by atoms with E-state index in [9.17, 15) is 5.11 Å². The van der Waals surface area contributed by atoms with Gasteiger partial charge < -0.3 is 30.5 Å². The van der Waals surface area contributed by atoms with Gasteiger partial charge in [-0.05, 0) is 86.6 Å². The van der Waals surface area contributed by atoms with Crippen LogP contribution >= 0.6 is 11.6 Å². The first-order valence-corrected chi connectivity index (χ1v) is 16.1. The van der Waals surface area contributed by atoms with Gasteiger partial charge in [-0.1, -0.05) is 38.0 Å². The topological polar surface area (TPSA) is 87.1 Å². The van der Waals surface area contributed by atoms with E-state index in [2.05, 4.69) is 20.9 Å². The van der Waals surface area contributed by atoms with Crippen molar-refractivity contribution in [3.63, 3.8) is 0 Å². The van der Waals surface area contributed by atoms with E-state index < -0.39 is 6.10 Å². The highest BCUT2D eigenvalue weighted by Gasteiger charge is 2.38. The summed E-state index contributed by atoms with van der Waals surface area (Å²) < 4.78 is 11.9. The normalized spacial score (nSPS) is 27.9. The van der Waals surface area contributed by atoms with Gasteiger partial charge in [-0.3, -0.25) is 4.99 Å². The van der Waals surface area contributed by atoms with Crippen LogP contribution in [-0.2, 0) is 0 Å². The number of halogens is 1. The lowest BCUT2D eigenvalue weighted by Gasteiger charge is -2.27. The quantitative estimate of drug-likeness (QED) is 0.154. The fourth-order valence-electron chi connectivity index (χ4n) is 6.30. The summed E-state index contributed by atoms with van der Waals surface area (Å²) in [6.07, 6.45) is 12.5. The van der Waals surface area contributed by atoms with Crippen LogP contribution in [0.15, 0.2) is 59.4 Å². The number of nitrogens with zero attached hydrogens (tertiary/aromatic N) is 1. The number of methoxy groups -OCH3 is 1. The van der Waals surface area contributed by atoms with Crippen LogP contribution in [0.3, 0.4) is 0 Å². The molecule has 228 valence electrons. The Balaban J connectivity index is 1.18. The minimum absolute atomic E-state index is 0.0302. The van der Waals surface area contributed by atoms with Crippen molar-refractivity contribution in [1.29, 1.82) is 0 Å². The number of aliphatic hydroxyl groups excluding tert-OH is 1. The number of fused-ring (bicyclic) bond motifs is 1. The molecule has 5 rings (SSSR count). The van der Waals surface area contributed by atoms with Gasteiger partial charge in [0, 0.05) is 23.9 Å². The number of hydrogen-bond acceptors (Lipinski definition) is 7. The first kappa shape index (κ1) is 30.6. The van der Waals surface area contributed by atoms with Crippen LogP contribution in [0.5, 0.6) is 11.5 Å². The Morgan fingerprint density at radius 3 is 2.62 bits per heavy atom. The maximum atomic E-state index is 10.2. The molecule has 0 saturated heterocycles. The number of hydrogen-bond donors (Lipinski definition) is 4. The van der Waals surface area contributed by atoms with Crippen molar-refractivity contribution in [2.75, 3.05) is 30.9 Å². The monoisotopic (exact) mass is 594 g/mol. The number of anilines is 2. The molecule has 1 heterocycles. The smallest absolute Gasteiger partial charge is 0.145 e. The van der Waals surface area contributed by atoms with Crippen molar-refractivity contribution in [2.24, 2.45) is 22.7 Å². The van der Waals surface area contributed by atoms with Crippen LogP contribution < -0.4 is 25.4 Å². The van der Waals surface area contributed by atoms with Crippen molar-refractivity contribution in [3.8, 4) is 11.5 Å². The molecule has 1 aliphatic heterocycles. The second-order valence-electron chi connectivity index (χ2n) is 12.3. The number of aliphatic imine (C=N–C) groups is 1. The Labute approximate surface area is 256 Å². The summed E-state index contributed by atoms with van der Waals surface area (Å²) in [6, 6.07) is 13.9. The molecule has 0 aromatic heterocycles. The molecule has 2 aromatic carbocycles. The second kappa shape index (κ2) is 14.5. The molecule has 4 N–H and O–H groups in total. The Hall–Kier alpha value is -2.90. The fourth-order valence-corrected chi connectivity index (χ4v) is 6.51. The fraction of sp³-hybridized carbons (Fsp3) is 0.559. The van der Waals surface area contributed by atoms with Crippen molar-refractivity contribution >= 4 is 29.2 Å². The van der Waals surface area contributed by atoms with Crippen molar-refractivity contribution in [3.05, 3.63) is 59.9 Å². The summed E-state index contributed by atoms with van der Waals surface area (Å²) >= 11 is 6.49. The predicted octanol–water partition coefficient (Wildman–Crippen LogP) is 7.14. The Kier molecular flexibility index (Phi) is 10.6. The predicted molar refractivity (Wildman–Crippen MR) is 173 cm³/mol. The van der Waals surface area contributed by atoms with Crippen LogP contribution in [-0.4, -0.2) is 49.2 Å². The second-order valence-corrected chi connectivity index (χ2v) is 12.8. The van der Waals surface area contributed by atoms with E-state index in [1.165, 1.54) is 38.5 Å². The zero-order valence-corrected chi connectivity index (χ0v) is 25.9. The molecule has 2 aromatic rings. The van der Waals surface area contributed by atoms with Gasteiger partial charge in [0.15, 0.2) is 0 Å². The van der Waals surface area contributed by atoms with Crippen LogP contribution in [0.4, 0.5) is 11.4 Å². The number of ether oxygens (including phenoxy) is 2. The molecule has 0 radical (unpaired) electrons. The Morgan fingerprint density at radius 2 is 1.86 bits per heavy atom. The highest BCUT2D eigenvalue weighted by atomic mass is 35.5. The van der Waals surface area contributed by atoms with Gasteiger partial charge in [0.05, 0.1) is 37.4 Å². The van der Waals surface area contributed by atoms with E-state index in [1.807, 2.05) is 62.4 Å². The van der Waals surface area contributed by atoms with Crippen molar-refractivity contribution in [1.82, 2.24) is 5.32 Å². The summed E-state index contributed by atoms with van der Waals surface area (Å²) in [4.78, 5) is 4.52. The van der Waals surface area contributed by atoms with Crippen LogP contribution in [0.1, 0.15) is 70.3 Å². The molecule has 2 aliphatic carbocycles. The molecule has 0 spiro atoms. The van der Waals surface area contributed by atoms with E-state index in [-0.39, 0.29) is 17.5 Å². The van der Waals surface area contributed by atoms with E-state index in [1.54, 1.807) is 13.3 Å². The third-order valence-corrected chi connectivity index (χ3v) is 9.36. The third kappa shape index (κ3) is 8.35. The molecule has 8 heteroatoms. The number of rotatable bonds is 12. The van der Waals surface area contributed by atoms with Gasteiger partial charge in [0.1, 0.15) is 23.5 Å². The molecule has 2 saturated carbocycles. The summed E-state index contributed by atoms with van der Waals surface area (Å²) in [5, 5.41) is 20.4. The van der Waals surface area contributed by atoms with E-state index in [0.717, 1.165) is 59.3 Å². The molecule has 0 amide bonds. The lowest BCUT2D eigenvalue weighted by molar-refractivity contribution is 0.169. The van der Waals surface area contributed by atoms with Crippen LogP contribution in [0.2, 0.25) is 0 Å². The van der Waals surface area contributed by atoms with Crippen LogP contribution in [0, 0.1) is 17.8 Å². The molecular formula is C34H47ClN4O3. The first-order valence-electron chi connectivity index (χ1n) is 15.6. The molecular weight excluding hydrogens is 548 g/mol. The molecule has 42 heavy (non-hydrogen) atoms. The molecule has 0 bridgehead atoms. The van der Waals surface area contributed by atoms with E-state index in [4.69, 9.17) is 21.1 Å². The zero-order valence-electron chi connectivity index (χ0n) is 25.2. The largest absolute Gasteiger partial charge is 0.494 e. The maximum absolute atomic E-state index is 10.2. The van der Waals surface area contributed by atoms with Crippen molar-refractivity contribution in [2.45, 2.75) is 82.4 Å². The van der Waals surface area contributed by atoms with Gasteiger partial charge in [0.2, 0.25) is 0 Å².